The van der Waals surface area contributed by atoms with Gasteiger partial charge in [-0.2, -0.15) is 0 Å². The molecule has 11 heteroatoms. The van der Waals surface area contributed by atoms with Gasteiger partial charge in [0.25, 0.3) is 5.91 Å². The van der Waals surface area contributed by atoms with Crippen molar-refractivity contribution in [3.63, 3.8) is 0 Å². The predicted octanol–water partition coefficient (Wildman–Crippen LogP) is 4.90. The molecule has 2 aromatic rings. The van der Waals surface area contributed by atoms with Crippen LogP contribution in [0.1, 0.15) is 23.2 Å². The lowest BCUT2D eigenvalue weighted by Gasteiger charge is -2.28. The van der Waals surface area contributed by atoms with Crippen molar-refractivity contribution in [2.75, 3.05) is 16.8 Å². The maximum absolute atomic E-state index is 12.8. The number of alkyl halides is 2. The van der Waals surface area contributed by atoms with Crippen molar-refractivity contribution in [3.8, 4) is 0 Å². The number of halogens is 4. The number of nitrogens with zero attached hydrogens (tertiary/aromatic N) is 1. The number of benzene rings is 2. The molecule has 0 bridgehead atoms. The van der Waals surface area contributed by atoms with Gasteiger partial charge in [0, 0.05) is 5.02 Å². The summed E-state index contributed by atoms with van der Waals surface area (Å²) in [5, 5.41) is 2.45. The van der Waals surface area contributed by atoms with Crippen LogP contribution in [0.2, 0.25) is 10.0 Å². The van der Waals surface area contributed by atoms with Crippen molar-refractivity contribution in [3.05, 3.63) is 58.1 Å². The smallest absolute Gasteiger partial charge is 0.338 e. The number of amides is 3. The van der Waals surface area contributed by atoms with Crippen LogP contribution in [0.3, 0.4) is 0 Å². The molecule has 1 heterocycles. The number of ether oxygens (including phenoxy) is 1. The van der Waals surface area contributed by atoms with Gasteiger partial charge < -0.3 is 10.1 Å². The molecule has 0 spiro atoms. The zero-order valence-electron chi connectivity index (χ0n) is 17.5. The summed E-state index contributed by atoms with van der Waals surface area (Å²) in [6, 6.07) is 10.4. The normalized spacial score (nSPS) is 24.1. The van der Waals surface area contributed by atoms with E-state index < -0.39 is 30.3 Å². The summed E-state index contributed by atoms with van der Waals surface area (Å²) in [7, 11) is 0. The van der Waals surface area contributed by atoms with Gasteiger partial charge in [0.05, 0.1) is 44.6 Å². The lowest BCUT2D eigenvalue weighted by atomic mass is 9.80. The molecule has 2 aromatic carbocycles. The van der Waals surface area contributed by atoms with Gasteiger partial charge in [0.2, 0.25) is 11.8 Å². The van der Waals surface area contributed by atoms with Gasteiger partial charge in [0.15, 0.2) is 6.61 Å². The number of imide groups is 1. The molecule has 1 saturated carbocycles. The molecule has 2 aliphatic rings. The number of rotatable bonds is 5. The van der Waals surface area contributed by atoms with Crippen LogP contribution in [0.25, 0.3) is 0 Å². The highest BCUT2D eigenvalue weighted by Crippen LogP contribution is 2.43. The molecule has 4 rings (SSSR count). The lowest BCUT2D eigenvalue weighted by molar-refractivity contribution is -0.122. The minimum absolute atomic E-state index is 0.152. The maximum atomic E-state index is 12.8. The van der Waals surface area contributed by atoms with Gasteiger partial charge in [-0.05, 0) is 55.3 Å². The Hall–Kier alpha value is -2.32. The molecule has 0 radical (unpaired) electrons. The van der Waals surface area contributed by atoms with E-state index in [4.69, 9.17) is 51.1 Å². The molecule has 178 valence electrons. The fraction of sp³-hybridized carbons (Fsp3) is 0.304. The van der Waals surface area contributed by atoms with Crippen LogP contribution in [0, 0.1) is 11.8 Å². The molecule has 0 unspecified atom stereocenters. The third kappa shape index (κ3) is 5.03. The molecule has 1 aliphatic carbocycles. The first kappa shape index (κ1) is 24.8. The van der Waals surface area contributed by atoms with E-state index in [9.17, 15) is 19.2 Å². The predicted molar refractivity (Wildman–Crippen MR) is 130 cm³/mol. The summed E-state index contributed by atoms with van der Waals surface area (Å²) in [6.07, 6.45) is 0.685. The molecule has 1 saturated heterocycles. The highest BCUT2D eigenvalue weighted by molar-refractivity contribution is 6.36. The van der Waals surface area contributed by atoms with Gasteiger partial charge in [-0.3, -0.25) is 19.3 Å². The topological polar surface area (TPSA) is 92.8 Å². The Bertz CT molecular complexity index is 1130. The monoisotopic (exact) mass is 542 g/mol. The van der Waals surface area contributed by atoms with E-state index in [1.165, 1.54) is 36.4 Å². The molecule has 3 amide bonds. The van der Waals surface area contributed by atoms with Crippen molar-refractivity contribution >= 4 is 81.5 Å². The first-order valence-corrected chi connectivity index (χ1v) is 12.0. The van der Waals surface area contributed by atoms with Crippen molar-refractivity contribution in [1.82, 2.24) is 0 Å². The third-order valence-corrected chi connectivity index (χ3v) is 7.45. The van der Waals surface area contributed by atoms with Crippen LogP contribution in [0.5, 0.6) is 0 Å². The second-order valence-corrected chi connectivity index (χ2v) is 9.99. The van der Waals surface area contributed by atoms with E-state index in [1.807, 2.05) is 0 Å². The van der Waals surface area contributed by atoms with Crippen LogP contribution in [0.15, 0.2) is 42.5 Å². The number of nitrogens with one attached hydrogen (secondary N) is 1. The fourth-order valence-electron chi connectivity index (χ4n) is 4.09. The van der Waals surface area contributed by atoms with Gasteiger partial charge in [0.1, 0.15) is 0 Å². The highest BCUT2D eigenvalue weighted by atomic mass is 35.5. The fourth-order valence-corrected chi connectivity index (χ4v) is 5.13. The Balaban J connectivity index is 1.37. The Labute approximate surface area is 215 Å². The summed E-state index contributed by atoms with van der Waals surface area (Å²) in [6.45, 7) is -0.537. The number of hydrogen-bond acceptors (Lipinski definition) is 5. The molecule has 2 fully saturated rings. The second-order valence-electron chi connectivity index (χ2n) is 8.02. The molecular formula is C23H18Cl4N2O5. The molecule has 34 heavy (non-hydrogen) atoms. The van der Waals surface area contributed by atoms with Gasteiger partial charge >= 0.3 is 5.97 Å². The van der Waals surface area contributed by atoms with Crippen LogP contribution >= 0.6 is 46.4 Å². The third-order valence-electron chi connectivity index (χ3n) is 5.81. The van der Waals surface area contributed by atoms with Gasteiger partial charge in [-0.25, -0.2) is 4.79 Å². The zero-order chi connectivity index (χ0) is 24.6. The molecule has 0 aromatic heterocycles. The van der Waals surface area contributed by atoms with E-state index in [0.717, 1.165) is 4.90 Å². The highest BCUT2D eigenvalue weighted by Gasteiger charge is 2.52. The largest absolute Gasteiger partial charge is 0.452 e. The molecule has 1 aliphatic heterocycles. The average Bonchev–Trinajstić information content (AvgIpc) is 3.04. The number of fused-ring (bicyclic) bond motifs is 1. The standard InChI is InChI=1S/C23H18Cl4N2O5/c24-12-3-6-19(18(27)7-12)28-20(30)10-34-23(33)11-1-4-13(5-2-11)29-21(31)14-8-16(25)17(26)9-15(14)22(29)32/h1-7,14-17H,8-10H2,(H,28,30)/t14-,15+,16+,17-. The first-order chi connectivity index (χ1) is 16.2. The van der Waals surface area contributed by atoms with Crippen LogP contribution in [-0.2, 0) is 19.1 Å². The summed E-state index contributed by atoms with van der Waals surface area (Å²) >= 11 is 24.2. The number of carbonyl (C=O) groups is 4. The van der Waals surface area contributed by atoms with Crippen molar-refractivity contribution in [2.24, 2.45) is 11.8 Å². The lowest BCUT2D eigenvalue weighted by Crippen LogP contribution is -2.34. The minimum Gasteiger partial charge on any atom is -0.452 e. The van der Waals surface area contributed by atoms with E-state index in [0.29, 0.717) is 29.2 Å². The SMILES string of the molecule is O=C(COC(=O)c1ccc(N2C(=O)[C@H]3C[C@@H](Cl)[C@@H](Cl)C[C@H]3C2=O)cc1)Nc1ccc(Cl)cc1Cl. The quantitative estimate of drug-likeness (QED) is 0.329. The molecule has 4 atom stereocenters. The van der Waals surface area contributed by atoms with E-state index in [2.05, 4.69) is 5.32 Å². The number of carbonyl (C=O) groups excluding carboxylic acids is 4. The van der Waals surface area contributed by atoms with Crippen molar-refractivity contribution < 1.29 is 23.9 Å². The summed E-state index contributed by atoms with van der Waals surface area (Å²) in [5.74, 6) is -2.97. The average molecular weight is 544 g/mol. The van der Waals surface area contributed by atoms with Crippen LogP contribution in [-0.4, -0.2) is 41.1 Å². The number of hydrogen-bond donors (Lipinski definition) is 1. The molecular weight excluding hydrogens is 526 g/mol. The van der Waals surface area contributed by atoms with E-state index >= 15 is 0 Å². The van der Waals surface area contributed by atoms with Crippen LogP contribution < -0.4 is 10.2 Å². The Morgan fingerprint density at radius 2 is 1.53 bits per heavy atom. The van der Waals surface area contributed by atoms with Crippen molar-refractivity contribution in [1.29, 1.82) is 0 Å². The first-order valence-electron chi connectivity index (χ1n) is 10.3. The Kier molecular flexibility index (Phi) is 7.38. The summed E-state index contributed by atoms with van der Waals surface area (Å²) in [5.41, 5.74) is 0.825. The zero-order valence-corrected chi connectivity index (χ0v) is 20.5. The number of anilines is 2. The summed E-state index contributed by atoms with van der Waals surface area (Å²) in [4.78, 5) is 51.2. The molecule has 1 N–H and O–H groups in total. The molecule has 7 nitrogen and oxygen atoms in total. The van der Waals surface area contributed by atoms with Crippen LogP contribution in [0.4, 0.5) is 11.4 Å². The Morgan fingerprint density at radius 3 is 2.09 bits per heavy atom. The van der Waals surface area contributed by atoms with Gasteiger partial charge in [-0.1, -0.05) is 23.2 Å². The second kappa shape index (κ2) is 10.1. The van der Waals surface area contributed by atoms with Crippen molar-refractivity contribution in [2.45, 2.75) is 23.6 Å². The van der Waals surface area contributed by atoms with E-state index in [-0.39, 0.29) is 33.2 Å². The minimum atomic E-state index is -0.744. The summed E-state index contributed by atoms with van der Waals surface area (Å²) < 4.78 is 5.04. The Morgan fingerprint density at radius 1 is 0.941 bits per heavy atom. The van der Waals surface area contributed by atoms with E-state index in [1.54, 1.807) is 6.07 Å². The maximum Gasteiger partial charge on any atom is 0.338 e. The van der Waals surface area contributed by atoms with Gasteiger partial charge in [-0.15, -0.1) is 23.2 Å². The number of esters is 1.